The summed E-state index contributed by atoms with van der Waals surface area (Å²) in [6.45, 7) is 0.891. The van der Waals surface area contributed by atoms with Crippen LogP contribution in [0.3, 0.4) is 0 Å². The van der Waals surface area contributed by atoms with Gasteiger partial charge in [-0.25, -0.2) is 9.50 Å². The maximum absolute atomic E-state index is 11.5. The highest BCUT2D eigenvalue weighted by Gasteiger charge is 2.28. The highest BCUT2D eigenvalue weighted by Crippen LogP contribution is 2.37. The number of rotatable bonds is 3. The predicted molar refractivity (Wildman–Crippen MR) is 91.7 cm³/mol. The molecule has 1 atom stereocenters. The van der Waals surface area contributed by atoms with Crippen LogP contribution in [0.5, 0.6) is 0 Å². The van der Waals surface area contributed by atoms with Crippen LogP contribution in [0.2, 0.25) is 0 Å². The van der Waals surface area contributed by atoms with Gasteiger partial charge in [0, 0.05) is 18.4 Å². The number of aromatic nitrogens is 3. The van der Waals surface area contributed by atoms with Gasteiger partial charge in [-0.2, -0.15) is 5.10 Å². The van der Waals surface area contributed by atoms with Gasteiger partial charge in [0.05, 0.1) is 12.2 Å². The van der Waals surface area contributed by atoms with E-state index in [0.717, 1.165) is 36.5 Å². The maximum Gasteiger partial charge on any atom is 0.254 e. The van der Waals surface area contributed by atoms with Gasteiger partial charge in [-0.3, -0.25) is 4.79 Å². The lowest BCUT2D eigenvalue weighted by Gasteiger charge is -2.27. The van der Waals surface area contributed by atoms with E-state index < -0.39 is 5.91 Å². The van der Waals surface area contributed by atoms with Crippen LogP contribution in [0, 0.1) is 0 Å². The first-order chi connectivity index (χ1) is 11.6. The van der Waals surface area contributed by atoms with Gasteiger partial charge >= 0.3 is 0 Å². The van der Waals surface area contributed by atoms with Gasteiger partial charge in [0.25, 0.3) is 5.91 Å². The summed E-state index contributed by atoms with van der Waals surface area (Å²) >= 11 is 0. The largest absolute Gasteiger partial charge is 0.398 e. The summed E-state index contributed by atoms with van der Waals surface area (Å²) in [5, 5.41) is 4.11. The number of carbonyl (C=O) groups is 1. The Bertz CT molecular complexity index is 918. The molecule has 0 aliphatic carbocycles. The third-order valence-corrected chi connectivity index (χ3v) is 4.52. The zero-order valence-electron chi connectivity index (χ0n) is 13.1. The van der Waals surface area contributed by atoms with E-state index in [4.69, 9.17) is 11.5 Å². The molecule has 1 aliphatic heterocycles. The summed E-state index contributed by atoms with van der Waals surface area (Å²) in [6.07, 6.45) is 5.33. The highest BCUT2D eigenvalue weighted by molar-refractivity contribution is 5.98. The summed E-state index contributed by atoms with van der Waals surface area (Å²) in [5.41, 5.74) is 14.3. The number of benzene rings is 1. The molecule has 0 radical (unpaired) electrons. The van der Waals surface area contributed by atoms with Gasteiger partial charge in [0.1, 0.15) is 11.4 Å². The summed E-state index contributed by atoms with van der Waals surface area (Å²) in [4.78, 5) is 18.4. The van der Waals surface area contributed by atoms with E-state index in [1.807, 2.05) is 24.3 Å². The van der Waals surface area contributed by atoms with Crippen molar-refractivity contribution >= 4 is 23.1 Å². The predicted octanol–water partition coefficient (Wildman–Crippen LogP) is 1.75. The Morgan fingerprint density at radius 1 is 1.25 bits per heavy atom. The van der Waals surface area contributed by atoms with Crippen molar-refractivity contribution in [2.45, 2.75) is 18.9 Å². The van der Waals surface area contributed by atoms with Crippen LogP contribution in [0.25, 0.3) is 5.65 Å². The number of hydrogen-bond acceptors (Lipinski definition) is 5. The number of nitrogens with two attached hydrogens (primary N) is 2. The molecule has 7 heteroatoms. The van der Waals surface area contributed by atoms with Crippen LogP contribution >= 0.6 is 0 Å². The van der Waals surface area contributed by atoms with Crippen LogP contribution in [-0.4, -0.2) is 27.0 Å². The van der Waals surface area contributed by atoms with Crippen molar-refractivity contribution in [3.05, 3.63) is 53.9 Å². The second kappa shape index (κ2) is 5.52. The van der Waals surface area contributed by atoms with Crippen molar-refractivity contribution in [1.82, 2.24) is 14.6 Å². The van der Waals surface area contributed by atoms with Crippen molar-refractivity contribution in [1.29, 1.82) is 0 Å². The molecular formula is C17H18N6O. The summed E-state index contributed by atoms with van der Waals surface area (Å²) in [6, 6.07) is 10.0. The van der Waals surface area contributed by atoms with Crippen LogP contribution in [0.1, 0.15) is 34.8 Å². The summed E-state index contributed by atoms with van der Waals surface area (Å²) in [7, 11) is 0. The minimum Gasteiger partial charge on any atom is -0.398 e. The average molecular weight is 322 g/mol. The Morgan fingerprint density at radius 3 is 2.88 bits per heavy atom. The first-order valence-electron chi connectivity index (χ1n) is 7.90. The Labute approximate surface area is 138 Å². The molecule has 1 amide bonds. The molecule has 7 nitrogen and oxygen atoms in total. The molecule has 1 saturated heterocycles. The molecule has 0 spiro atoms. The van der Waals surface area contributed by atoms with Crippen molar-refractivity contribution < 1.29 is 4.79 Å². The van der Waals surface area contributed by atoms with Gasteiger partial charge in [0.15, 0.2) is 5.65 Å². The highest BCUT2D eigenvalue weighted by atomic mass is 16.1. The van der Waals surface area contributed by atoms with Gasteiger partial charge in [0.2, 0.25) is 0 Å². The molecule has 1 aromatic carbocycles. The normalized spacial score (nSPS) is 17.5. The van der Waals surface area contributed by atoms with E-state index in [2.05, 4.69) is 21.0 Å². The lowest BCUT2D eigenvalue weighted by molar-refractivity contribution is 0.100. The number of hydrogen-bond donors (Lipinski definition) is 2. The molecule has 122 valence electrons. The quantitative estimate of drug-likeness (QED) is 0.715. The fourth-order valence-corrected chi connectivity index (χ4v) is 3.37. The minimum absolute atomic E-state index is 0.182. The Balaban J connectivity index is 1.77. The van der Waals surface area contributed by atoms with E-state index in [-0.39, 0.29) is 6.04 Å². The number of nitrogen functional groups attached to an aromatic ring is 1. The van der Waals surface area contributed by atoms with E-state index in [0.29, 0.717) is 11.2 Å². The molecule has 3 heterocycles. The second-order valence-electron chi connectivity index (χ2n) is 5.96. The van der Waals surface area contributed by atoms with Crippen molar-refractivity contribution in [2.24, 2.45) is 5.73 Å². The number of carbonyl (C=O) groups excluding carboxylic acids is 1. The number of anilines is 2. The van der Waals surface area contributed by atoms with Gasteiger partial charge in [-0.05, 0) is 30.5 Å². The standard InChI is InChI=1S/C17H18N6O/c18-13-5-2-1-4-11(13)14-6-3-8-22(14)15-7-9-23-17(21-15)12(10-20-23)16(19)24/h1-2,4-5,7,9-10,14H,3,6,8,18H2,(H2,19,24). The Morgan fingerprint density at radius 2 is 2.08 bits per heavy atom. The smallest absolute Gasteiger partial charge is 0.254 e. The molecule has 2 aromatic heterocycles. The monoisotopic (exact) mass is 322 g/mol. The molecule has 0 saturated carbocycles. The average Bonchev–Trinajstić information content (AvgIpc) is 3.21. The van der Waals surface area contributed by atoms with Gasteiger partial charge < -0.3 is 16.4 Å². The lowest BCUT2D eigenvalue weighted by Crippen LogP contribution is -2.24. The van der Waals surface area contributed by atoms with Gasteiger partial charge in [-0.1, -0.05) is 18.2 Å². The second-order valence-corrected chi connectivity index (χ2v) is 5.96. The first kappa shape index (κ1) is 14.5. The number of nitrogens with zero attached hydrogens (tertiary/aromatic N) is 4. The van der Waals surface area contributed by atoms with E-state index in [1.165, 1.54) is 6.20 Å². The molecule has 24 heavy (non-hydrogen) atoms. The topological polar surface area (TPSA) is 103 Å². The third kappa shape index (κ3) is 2.25. The molecule has 1 unspecified atom stereocenters. The SMILES string of the molecule is NC(=O)c1cnn2ccc(N3CCCC3c3ccccc3N)nc12. The van der Waals surface area contributed by atoms with Crippen LogP contribution < -0.4 is 16.4 Å². The molecule has 3 aromatic rings. The van der Waals surface area contributed by atoms with Crippen molar-refractivity contribution in [2.75, 3.05) is 17.2 Å². The summed E-state index contributed by atoms with van der Waals surface area (Å²) < 4.78 is 1.56. The van der Waals surface area contributed by atoms with E-state index in [1.54, 1.807) is 10.7 Å². The number of para-hydroxylation sites is 1. The zero-order chi connectivity index (χ0) is 16.7. The van der Waals surface area contributed by atoms with Crippen LogP contribution in [0.15, 0.2) is 42.7 Å². The lowest BCUT2D eigenvalue weighted by atomic mass is 10.0. The van der Waals surface area contributed by atoms with Gasteiger partial charge in [-0.15, -0.1) is 0 Å². The van der Waals surface area contributed by atoms with Crippen LogP contribution in [0.4, 0.5) is 11.5 Å². The molecular weight excluding hydrogens is 304 g/mol. The maximum atomic E-state index is 11.5. The number of primary amides is 1. The van der Waals surface area contributed by atoms with E-state index >= 15 is 0 Å². The Hall–Kier alpha value is -3.09. The van der Waals surface area contributed by atoms with Crippen molar-refractivity contribution in [3.63, 3.8) is 0 Å². The third-order valence-electron chi connectivity index (χ3n) is 4.52. The molecule has 4 N–H and O–H groups in total. The number of fused-ring (bicyclic) bond motifs is 1. The fourth-order valence-electron chi connectivity index (χ4n) is 3.37. The summed E-state index contributed by atoms with van der Waals surface area (Å²) in [5.74, 6) is 0.274. The molecule has 4 rings (SSSR count). The molecule has 1 fully saturated rings. The van der Waals surface area contributed by atoms with E-state index in [9.17, 15) is 4.79 Å². The zero-order valence-corrected chi connectivity index (χ0v) is 13.1. The fraction of sp³-hybridized carbons (Fsp3) is 0.235. The van der Waals surface area contributed by atoms with Crippen LogP contribution in [-0.2, 0) is 0 Å². The Kier molecular flexibility index (Phi) is 3.34. The minimum atomic E-state index is -0.528. The molecule has 0 bridgehead atoms. The first-order valence-corrected chi connectivity index (χ1v) is 7.90. The van der Waals surface area contributed by atoms with Crippen molar-refractivity contribution in [3.8, 4) is 0 Å². The number of amides is 1. The molecule has 1 aliphatic rings.